The van der Waals surface area contributed by atoms with Crippen molar-refractivity contribution >= 4 is 23.5 Å². The zero-order valence-electron chi connectivity index (χ0n) is 12.5. The van der Waals surface area contributed by atoms with Crippen molar-refractivity contribution < 1.29 is 14.3 Å². The Kier molecular flexibility index (Phi) is 3.74. The molecule has 2 aromatic rings. The predicted molar refractivity (Wildman–Crippen MR) is 85.0 cm³/mol. The largest absolute Gasteiger partial charge is 0.454 e. The monoisotopic (exact) mass is 332 g/mol. The maximum absolute atomic E-state index is 12.5. The van der Waals surface area contributed by atoms with E-state index in [0.717, 1.165) is 36.0 Å². The normalized spacial score (nSPS) is 16.7. The Morgan fingerprint density at radius 2 is 2.00 bits per heavy atom. The number of aromatic nitrogens is 2. The van der Waals surface area contributed by atoms with Gasteiger partial charge >= 0.3 is 0 Å². The number of carbonyl (C=O) groups excluding carboxylic acids is 1. The van der Waals surface area contributed by atoms with Gasteiger partial charge in [0.05, 0.1) is 24.3 Å². The Morgan fingerprint density at radius 3 is 2.78 bits per heavy atom. The maximum atomic E-state index is 12.5. The van der Waals surface area contributed by atoms with Crippen molar-refractivity contribution in [2.24, 2.45) is 0 Å². The van der Waals surface area contributed by atoms with Gasteiger partial charge in [0.2, 0.25) is 12.7 Å². The van der Waals surface area contributed by atoms with Crippen LogP contribution in [0.3, 0.4) is 0 Å². The molecule has 0 radical (unpaired) electrons. The van der Waals surface area contributed by atoms with Crippen LogP contribution in [0.25, 0.3) is 0 Å². The molecule has 8 heteroatoms. The third-order valence-electron chi connectivity index (χ3n) is 4.10. The van der Waals surface area contributed by atoms with Gasteiger partial charge < -0.3 is 19.3 Å². The lowest BCUT2D eigenvalue weighted by atomic mass is 10.1. The second-order valence-electron chi connectivity index (χ2n) is 5.50. The molecule has 0 unspecified atom stereocenters. The maximum Gasteiger partial charge on any atom is 0.231 e. The summed E-state index contributed by atoms with van der Waals surface area (Å²) < 4.78 is 18.9. The molecule has 2 aliphatic rings. The average molecular weight is 332 g/mol. The van der Waals surface area contributed by atoms with Crippen molar-refractivity contribution in [3.05, 3.63) is 30.0 Å². The number of benzene rings is 1. The summed E-state index contributed by atoms with van der Waals surface area (Å²) >= 11 is 1.21. The summed E-state index contributed by atoms with van der Waals surface area (Å²) in [7, 11) is 0. The molecule has 1 aromatic heterocycles. The molecule has 1 amide bonds. The second-order valence-corrected chi connectivity index (χ2v) is 6.05. The summed E-state index contributed by atoms with van der Waals surface area (Å²) in [4.78, 5) is 16.5. The van der Waals surface area contributed by atoms with E-state index in [-0.39, 0.29) is 12.7 Å². The molecule has 23 heavy (non-hydrogen) atoms. The first-order chi connectivity index (χ1) is 11.3. The van der Waals surface area contributed by atoms with Crippen molar-refractivity contribution in [2.45, 2.75) is 6.42 Å². The molecule has 0 aliphatic carbocycles. The van der Waals surface area contributed by atoms with Crippen LogP contribution in [0.15, 0.2) is 24.4 Å². The van der Waals surface area contributed by atoms with Crippen LogP contribution < -0.4 is 14.4 Å². The summed E-state index contributed by atoms with van der Waals surface area (Å²) in [5, 5.41) is 0. The Labute approximate surface area is 137 Å². The van der Waals surface area contributed by atoms with Crippen molar-refractivity contribution in [3.8, 4) is 11.5 Å². The second kappa shape index (κ2) is 6.04. The van der Waals surface area contributed by atoms with Gasteiger partial charge in [0, 0.05) is 26.2 Å². The topological polar surface area (TPSA) is 67.8 Å². The van der Waals surface area contributed by atoms with E-state index < -0.39 is 0 Å². The fourth-order valence-electron chi connectivity index (χ4n) is 2.82. The van der Waals surface area contributed by atoms with Gasteiger partial charge in [0.1, 0.15) is 0 Å². The minimum atomic E-state index is 0.139. The van der Waals surface area contributed by atoms with E-state index in [1.807, 2.05) is 23.1 Å². The lowest BCUT2D eigenvalue weighted by Crippen LogP contribution is -2.49. The lowest BCUT2D eigenvalue weighted by molar-refractivity contribution is -0.130. The minimum absolute atomic E-state index is 0.139. The summed E-state index contributed by atoms with van der Waals surface area (Å²) in [6, 6.07) is 5.66. The summed E-state index contributed by atoms with van der Waals surface area (Å²) in [5.74, 6) is 2.50. The lowest BCUT2D eigenvalue weighted by Gasteiger charge is -2.34. The van der Waals surface area contributed by atoms with Crippen LogP contribution in [0.2, 0.25) is 0 Å². The molecule has 7 nitrogen and oxygen atoms in total. The first kappa shape index (κ1) is 14.3. The highest BCUT2D eigenvalue weighted by Crippen LogP contribution is 2.32. The average Bonchev–Trinajstić information content (AvgIpc) is 3.26. The summed E-state index contributed by atoms with van der Waals surface area (Å²) in [6.45, 7) is 3.25. The SMILES string of the molecule is O=C(Cc1ccc2c(c1)OCO2)N1CCN(c2cnsn2)CC1. The van der Waals surface area contributed by atoms with E-state index in [4.69, 9.17) is 9.47 Å². The van der Waals surface area contributed by atoms with Gasteiger partial charge in [-0.1, -0.05) is 6.07 Å². The standard InChI is InChI=1S/C15H16N4O3S/c20-15(8-11-1-2-12-13(7-11)22-10-21-12)19-5-3-18(4-6-19)14-9-16-23-17-14/h1-2,7,9H,3-6,8,10H2. The minimum Gasteiger partial charge on any atom is -0.454 e. The highest BCUT2D eigenvalue weighted by atomic mass is 32.1. The molecule has 1 saturated heterocycles. The fourth-order valence-corrected chi connectivity index (χ4v) is 3.26. The Hall–Kier alpha value is -2.35. The molecule has 120 valence electrons. The highest BCUT2D eigenvalue weighted by Gasteiger charge is 2.23. The molecule has 2 aliphatic heterocycles. The van der Waals surface area contributed by atoms with Crippen LogP contribution in [-0.2, 0) is 11.2 Å². The van der Waals surface area contributed by atoms with Crippen molar-refractivity contribution in [1.82, 2.24) is 13.6 Å². The van der Waals surface area contributed by atoms with Gasteiger partial charge in [0.25, 0.3) is 0 Å². The van der Waals surface area contributed by atoms with Crippen LogP contribution in [0.1, 0.15) is 5.56 Å². The third-order valence-corrected chi connectivity index (χ3v) is 4.57. The first-order valence-corrected chi connectivity index (χ1v) is 8.21. The number of hydrogen-bond acceptors (Lipinski definition) is 7. The molecule has 1 fully saturated rings. The number of hydrogen-bond donors (Lipinski definition) is 0. The van der Waals surface area contributed by atoms with Gasteiger partial charge in [0.15, 0.2) is 17.3 Å². The van der Waals surface area contributed by atoms with Crippen molar-refractivity contribution in [3.63, 3.8) is 0 Å². The zero-order chi connectivity index (χ0) is 15.6. The van der Waals surface area contributed by atoms with Gasteiger partial charge in [-0.25, -0.2) is 0 Å². The molecule has 0 N–H and O–H groups in total. The quantitative estimate of drug-likeness (QED) is 0.840. The number of fused-ring (bicyclic) bond motifs is 1. The van der Waals surface area contributed by atoms with E-state index in [1.165, 1.54) is 11.7 Å². The van der Waals surface area contributed by atoms with Gasteiger partial charge in [-0.05, 0) is 17.7 Å². The van der Waals surface area contributed by atoms with Gasteiger partial charge in [-0.15, -0.1) is 0 Å². The molecule has 0 saturated carbocycles. The number of anilines is 1. The zero-order valence-corrected chi connectivity index (χ0v) is 13.3. The predicted octanol–water partition coefficient (Wildman–Crippen LogP) is 1.16. The highest BCUT2D eigenvalue weighted by molar-refractivity contribution is 6.99. The van der Waals surface area contributed by atoms with Crippen LogP contribution in [0.4, 0.5) is 5.82 Å². The fraction of sp³-hybridized carbons (Fsp3) is 0.400. The molecule has 0 bridgehead atoms. The van der Waals surface area contributed by atoms with Crippen LogP contribution >= 0.6 is 11.7 Å². The van der Waals surface area contributed by atoms with E-state index >= 15 is 0 Å². The molecule has 4 rings (SSSR count). The number of carbonyl (C=O) groups is 1. The molecule has 3 heterocycles. The van der Waals surface area contributed by atoms with Crippen LogP contribution in [0.5, 0.6) is 11.5 Å². The van der Waals surface area contributed by atoms with Crippen LogP contribution in [-0.4, -0.2) is 52.5 Å². The molecule has 0 atom stereocenters. The number of amides is 1. The van der Waals surface area contributed by atoms with E-state index in [0.29, 0.717) is 19.5 Å². The Balaban J connectivity index is 1.35. The van der Waals surface area contributed by atoms with E-state index in [2.05, 4.69) is 13.6 Å². The smallest absolute Gasteiger partial charge is 0.231 e. The molecule has 0 spiro atoms. The number of nitrogens with zero attached hydrogens (tertiary/aromatic N) is 4. The summed E-state index contributed by atoms with van der Waals surface area (Å²) in [6.07, 6.45) is 2.16. The van der Waals surface area contributed by atoms with Crippen molar-refractivity contribution in [1.29, 1.82) is 0 Å². The number of piperazine rings is 1. The van der Waals surface area contributed by atoms with Crippen LogP contribution in [0, 0.1) is 0 Å². The van der Waals surface area contributed by atoms with Crippen molar-refractivity contribution in [2.75, 3.05) is 37.9 Å². The molecule has 1 aromatic carbocycles. The summed E-state index contributed by atoms with van der Waals surface area (Å²) in [5.41, 5.74) is 0.949. The third kappa shape index (κ3) is 2.94. The molecular formula is C15H16N4O3S. The Morgan fingerprint density at radius 1 is 1.17 bits per heavy atom. The number of ether oxygens (including phenoxy) is 2. The van der Waals surface area contributed by atoms with Gasteiger partial charge in [-0.3, -0.25) is 4.79 Å². The van der Waals surface area contributed by atoms with Gasteiger partial charge in [-0.2, -0.15) is 8.75 Å². The Bertz CT molecular complexity index is 699. The van der Waals surface area contributed by atoms with E-state index in [9.17, 15) is 4.79 Å². The number of rotatable bonds is 3. The first-order valence-electron chi connectivity index (χ1n) is 7.48. The van der Waals surface area contributed by atoms with E-state index in [1.54, 1.807) is 6.20 Å². The molecular weight excluding hydrogens is 316 g/mol.